The summed E-state index contributed by atoms with van der Waals surface area (Å²) in [6.45, 7) is 4.76. The molecule has 19 heavy (non-hydrogen) atoms. The van der Waals surface area contributed by atoms with Crippen LogP contribution in [0.4, 0.5) is 5.69 Å². The third-order valence-electron chi connectivity index (χ3n) is 2.82. The highest BCUT2D eigenvalue weighted by Crippen LogP contribution is 2.19. The van der Waals surface area contributed by atoms with E-state index in [1.807, 2.05) is 30.3 Å². The minimum atomic E-state index is 0.410. The van der Waals surface area contributed by atoms with Crippen LogP contribution < -0.4 is 10.5 Å². The Balaban J connectivity index is 1.93. The molecule has 0 atom stereocenters. The smallest absolute Gasteiger partial charge is 0.142 e. The molecule has 1 aromatic heterocycles. The molecule has 0 aliphatic rings. The Morgan fingerprint density at radius 3 is 2.74 bits per heavy atom. The SMILES string of the molecule is CC(C)c1ccnc(CCOc2ccccc2N)n1. The number of hydrogen-bond acceptors (Lipinski definition) is 4. The lowest BCUT2D eigenvalue weighted by atomic mass is 10.1. The fraction of sp³-hybridized carbons (Fsp3) is 0.333. The molecule has 0 saturated heterocycles. The van der Waals surface area contributed by atoms with Gasteiger partial charge in [0.1, 0.15) is 11.6 Å². The molecule has 0 aliphatic carbocycles. The van der Waals surface area contributed by atoms with Gasteiger partial charge < -0.3 is 10.5 Å². The van der Waals surface area contributed by atoms with E-state index >= 15 is 0 Å². The summed E-state index contributed by atoms with van der Waals surface area (Å²) in [6, 6.07) is 9.43. The van der Waals surface area contributed by atoms with Crippen molar-refractivity contribution in [2.45, 2.75) is 26.2 Å². The van der Waals surface area contributed by atoms with E-state index in [1.54, 1.807) is 6.20 Å². The van der Waals surface area contributed by atoms with Crippen molar-refractivity contribution in [2.24, 2.45) is 0 Å². The molecule has 2 aromatic rings. The van der Waals surface area contributed by atoms with E-state index in [-0.39, 0.29) is 0 Å². The van der Waals surface area contributed by atoms with Crippen molar-refractivity contribution in [3.05, 3.63) is 48.0 Å². The zero-order valence-corrected chi connectivity index (χ0v) is 11.3. The molecule has 0 saturated carbocycles. The van der Waals surface area contributed by atoms with Gasteiger partial charge in [-0.3, -0.25) is 0 Å². The average Bonchev–Trinajstić information content (AvgIpc) is 2.41. The molecule has 0 amide bonds. The molecule has 0 radical (unpaired) electrons. The van der Waals surface area contributed by atoms with Crippen molar-refractivity contribution in [2.75, 3.05) is 12.3 Å². The molecule has 2 rings (SSSR count). The Morgan fingerprint density at radius 2 is 2.00 bits per heavy atom. The van der Waals surface area contributed by atoms with E-state index in [4.69, 9.17) is 10.5 Å². The lowest BCUT2D eigenvalue weighted by molar-refractivity contribution is 0.320. The molecular formula is C15H19N3O. The number of hydrogen-bond donors (Lipinski definition) is 1. The number of nitrogens with two attached hydrogens (primary N) is 1. The molecule has 2 N–H and O–H groups in total. The lowest BCUT2D eigenvalue weighted by Gasteiger charge is -2.09. The number of aromatic nitrogens is 2. The molecule has 0 unspecified atom stereocenters. The second-order valence-corrected chi connectivity index (χ2v) is 4.69. The largest absolute Gasteiger partial charge is 0.491 e. The van der Waals surface area contributed by atoms with E-state index in [2.05, 4.69) is 23.8 Å². The third-order valence-corrected chi connectivity index (χ3v) is 2.82. The summed E-state index contributed by atoms with van der Waals surface area (Å²) >= 11 is 0. The van der Waals surface area contributed by atoms with Gasteiger partial charge in [0.25, 0.3) is 0 Å². The Kier molecular flexibility index (Phi) is 4.34. The number of rotatable bonds is 5. The van der Waals surface area contributed by atoms with Gasteiger partial charge in [-0.15, -0.1) is 0 Å². The third kappa shape index (κ3) is 3.68. The molecule has 0 bridgehead atoms. The second kappa shape index (κ2) is 6.18. The molecule has 0 fully saturated rings. The van der Waals surface area contributed by atoms with Crippen molar-refractivity contribution in [1.29, 1.82) is 0 Å². The van der Waals surface area contributed by atoms with Crippen LogP contribution >= 0.6 is 0 Å². The average molecular weight is 257 g/mol. The van der Waals surface area contributed by atoms with Crippen molar-refractivity contribution >= 4 is 5.69 Å². The molecular weight excluding hydrogens is 238 g/mol. The van der Waals surface area contributed by atoms with Crippen LogP contribution in [-0.2, 0) is 6.42 Å². The molecule has 1 aromatic carbocycles. The van der Waals surface area contributed by atoms with Gasteiger partial charge >= 0.3 is 0 Å². The Labute approximate surface area is 113 Å². The van der Waals surface area contributed by atoms with Gasteiger partial charge in [-0.1, -0.05) is 26.0 Å². The van der Waals surface area contributed by atoms with E-state index < -0.39 is 0 Å². The van der Waals surface area contributed by atoms with Crippen LogP contribution in [0.5, 0.6) is 5.75 Å². The number of anilines is 1. The Bertz CT molecular complexity index is 540. The normalized spacial score (nSPS) is 10.7. The maximum absolute atomic E-state index is 5.81. The molecule has 4 nitrogen and oxygen atoms in total. The highest BCUT2D eigenvalue weighted by molar-refractivity contribution is 5.51. The Morgan fingerprint density at radius 1 is 1.21 bits per heavy atom. The van der Waals surface area contributed by atoms with Crippen molar-refractivity contribution in [3.63, 3.8) is 0 Å². The van der Waals surface area contributed by atoms with Gasteiger partial charge in [-0.2, -0.15) is 0 Å². The van der Waals surface area contributed by atoms with Crippen LogP contribution in [0, 0.1) is 0 Å². The first-order valence-corrected chi connectivity index (χ1v) is 6.46. The Hall–Kier alpha value is -2.10. The van der Waals surface area contributed by atoms with Gasteiger partial charge in [0, 0.05) is 18.3 Å². The van der Waals surface area contributed by atoms with Crippen LogP contribution in [-0.4, -0.2) is 16.6 Å². The van der Waals surface area contributed by atoms with E-state index in [9.17, 15) is 0 Å². The standard InChI is InChI=1S/C15H19N3O/c1-11(2)13-7-9-17-15(18-13)8-10-19-14-6-4-3-5-12(14)16/h3-7,9,11H,8,10,16H2,1-2H3. The predicted molar refractivity (Wildman–Crippen MR) is 76.2 cm³/mol. The maximum Gasteiger partial charge on any atom is 0.142 e. The lowest BCUT2D eigenvalue weighted by Crippen LogP contribution is -2.07. The van der Waals surface area contributed by atoms with Crippen LogP contribution in [0.2, 0.25) is 0 Å². The van der Waals surface area contributed by atoms with Gasteiger partial charge in [-0.25, -0.2) is 9.97 Å². The van der Waals surface area contributed by atoms with E-state index in [1.165, 1.54) is 0 Å². The van der Waals surface area contributed by atoms with E-state index in [0.29, 0.717) is 30.4 Å². The summed E-state index contributed by atoms with van der Waals surface area (Å²) in [5.74, 6) is 1.93. The minimum absolute atomic E-state index is 0.410. The number of nitrogen functional groups attached to an aromatic ring is 1. The van der Waals surface area contributed by atoms with Crippen LogP contribution in [0.15, 0.2) is 36.5 Å². The summed E-state index contributed by atoms with van der Waals surface area (Å²) in [5, 5.41) is 0. The van der Waals surface area contributed by atoms with Crippen molar-refractivity contribution < 1.29 is 4.74 Å². The fourth-order valence-electron chi connectivity index (χ4n) is 1.72. The maximum atomic E-state index is 5.81. The van der Waals surface area contributed by atoms with Crippen LogP contribution in [0.1, 0.15) is 31.3 Å². The zero-order valence-electron chi connectivity index (χ0n) is 11.3. The first kappa shape index (κ1) is 13.3. The first-order chi connectivity index (χ1) is 9.16. The van der Waals surface area contributed by atoms with Gasteiger partial charge in [0.05, 0.1) is 12.3 Å². The predicted octanol–water partition coefficient (Wildman–Crippen LogP) is 2.80. The minimum Gasteiger partial charge on any atom is -0.491 e. The number of para-hydroxylation sites is 2. The van der Waals surface area contributed by atoms with Crippen LogP contribution in [0.25, 0.3) is 0 Å². The quantitative estimate of drug-likeness (QED) is 0.837. The summed E-state index contributed by atoms with van der Waals surface area (Å²) in [5.41, 5.74) is 7.52. The summed E-state index contributed by atoms with van der Waals surface area (Å²) in [6.07, 6.45) is 2.48. The summed E-state index contributed by atoms with van der Waals surface area (Å²) in [4.78, 5) is 8.76. The zero-order chi connectivity index (χ0) is 13.7. The van der Waals surface area contributed by atoms with Gasteiger partial charge in [0.15, 0.2) is 0 Å². The second-order valence-electron chi connectivity index (χ2n) is 4.69. The first-order valence-electron chi connectivity index (χ1n) is 6.46. The van der Waals surface area contributed by atoms with E-state index in [0.717, 1.165) is 11.5 Å². The van der Waals surface area contributed by atoms with Crippen molar-refractivity contribution in [1.82, 2.24) is 9.97 Å². The highest BCUT2D eigenvalue weighted by atomic mass is 16.5. The molecule has 1 heterocycles. The number of ether oxygens (including phenoxy) is 1. The topological polar surface area (TPSA) is 61.0 Å². The molecule has 4 heteroatoms. The van der Waals surface area contributed by atoms with Gasteiger partial charge in [0.2, 0.25) is 0 Å². The molecule has 0 spiro atoms. The van der Waals surface area contributed by atoms with Crippen molar-refractivity contribution in [3.8, 4) is 5.75 Å². The van der Waals surface area contributed by atoms with Gasteiger partial charge in [-0.05, 0) is 24.1 Å². The summed E-state index contributed by atoms with van der Waals surface area (Å²) in [7, 11) is 0. The number of benzene rings is 1. The monoisotopic (exact) mass is 257 g/mol. The summed E-state index contributed by atoms with van der Waals surface area (Å²) < 4.78 is 5.64. The fourth-order valence-corrected chi connectivity index (χ4v) is 1.72. The highest BCUT2D eigenvalue weighted by Gasteiger charge is 2.04. The van der Waals surface area contributed by atoms with Crippen LogP contribution in [0.3, 0.4) is 0 Å². The number of nitrogens with zero attached hydrogens (tertiary/aromatic N) is 2. The molecule has 0 aliphatic heterocycles. The molecule has 100 valence electrons.